The van der Waals surface area contributed by atoms with Gasteiger partial charge in [-0.2, -0.15) is 0 Å². The summed E-state index contributed by atoms with van der Waals surface area (Å²) in [6.07, 6.45) is 6.32. The highest BCUT2D eigenvalue weighted by atomic mass is 16.6. The second-order valence-electron chi connectivity index (χ2n) is 6.93. The number of nitrogens with two attached hydrogens (primary N) is 1. The van der Waals surface area contributed by atoms with Gasteiger partial charge in [-0.1, -0.05) is 33.3 Å². The number of hydrogen-bond acceptors (Lipinski definition) is 5. The molecule has 25 heavy (non-hydrogen) atoms. The van der Waals surface area contributed by atoms with Crippen molar-refractivity contribution in [1.82, 2.24) is 9.88 Å². The smallest absolute Gasteiger partial charge is 0.375 e. The highest BCUT2D eigenvalue weighted by molar-refractivity contribution is 5.87. The third kappa shape index (κ3) is 4.78. The SMILES string of the molecule is CCCC([C@H](C)C(C)c1cccnc1)N1CCCC1C(=O)OC(N)=O. The summed E-state index contributed by atoms with van der Waals surface area (Å²) in [7, 11) is 0. The molecule has 1 saturated heterocycles. The second-order valence-corrected chi connectivity index (χ2v) is 6.93. The highest BCUT2D eigenvalue weighted by Gasteiger charge is 2.39. The van der Waals surface area contributed by atoms with E-state index in [1.807, 2.05) is 12.3 Å². The number of aromatic nitrogens is 1. The first kappa shape index (κ1) is 19.4. The van der Waals surface area contributed by atoms with Gasteiger partial charge in [0.1, 0.15) is 6.04 Å². The Bertz CT molecular complexity index is 579. The van der Waals surface area contributed by atoms with Gasteiger partial charge in [0, 0.05) is 18.4 Å². The molecule has 6 nitrogen and oxygen atoms in total. The van der Waals surface area contributed by atoms with Gasteiger partial charge in [-0.15, -0.1) is 0 Å². The zero-order valence-electron chi connectivity index (χ0n) is 15.4. The number of carbonyl (C=O) groups excluding carboxylic acids is 2. The predicted octanol–water partition coefficient (Wildman–Crippen LogP) is 3.08. The summed E-state index contributed by atoms with van der Waals surface area (Å²) >= 11 is 0. The van der Waals surface area contributed by atoms with Crippen LogP contribution < -0.4 is 5.73 Å². The fourth-order valence-corrected chi connectivity index (χ4v) is 3.91. The average Bonchev–Trinajstić information content (AvgIpc) is 3.08. The van der Waals surface area contributed by atoms with Gasteiger partial charge in [0.05, 0.1) is 0 Å². The van der Waals surface area contributed by atoms with Crippen molar-refractivity contribution in [3.8, 4) is 0 Å². The Balaban J connectivity index is 2.17. The van der Waals surface area contributed by atoms with Gasteiger partial charge in [0.25, 0.3) is 0 Å². The van der Waals surface area contributed by atoms with Crippen molar-refractivity contribution in [3.63, 3.8) is 0 Å². The molecule has 1 fully saturated rings. The molecule has 0 spiro atoms. The molecule has 1 aromatic rings. The molecule has 0 aromatic carbocycles. The average molecular weight is 347 g/mol. The van der Waals surface area contributed by atoms with Gasteiger partial charge in [0.15, 0.2) is 0 Å². The minimum atomic E-state index is -1.03. The number of primary amides is 1. The first-order valence-corrected chi connectivity index (χ1v) is 9.12. The molecule has 6 heteroatoms. The van der Waals surface area contributed by atoms with E-state index >= 15 is 0 Å². The zero-order chi connectivity index (χ0) is 18.4. The van der Waals surface area contributed by atoms with E-state index in [9.17, 15) is 9.59 Å². The molecule has 1 aromatic heterocycles. The summed E-state index contributed by atoms with van der Waals surface area (Å²) in [6.45, 7) is 7.43. The Morgan fingerprint density at radius 2 is 2.20 bits per heavy atom. The van der Waals surface area contributed by atoms with Gasteiger partial charge in [-0.25, -0.2) is 9.59 Å². The van der Waals surface area contributed by atoms with E-state index in [4.69, 9.17) is 5.73 Å². The number of likely N-dealkylation sites (tertiary alicyclic amines) is 1. The molecule has 0 bridgehead atoms. The first-order chi connectivity index (χ1) is 12.0. The fourth-order valence-electron chi connectivity index (χ4n) is 3.91. The van der Waals surface area contributed by atoms with Crippen LogP contribution in [-0.4, -0.2) is 40.6 Å². The third-order valence-electron chi connectivity index (χ3n) is 5.38. The lowest BCUT2D eigenvalue weighted by Gasteiger charge is -2.38. The van der Waals surface area contributed by atoms with Gasteiger partial charge in [0.2, 0.25) is 0 Å². The standard InChI is InChI=1S/C19H29N3O3/c1-4-7-16(14(3)13(2)15-8-5-10-21-12-15)22-11-6-9-17(22)18(23)25-19(20)24/h5,8,10,12-14,16-17H,4,6-7,9,11H2,1-3H3,(H2,20,24)/t13?,14-,16?,17?/m1/s1. The van der Waals surface area contributed by atoms with Gasteiger partial charge < -0.3 is 10.5 Å². The van der Waals surface area contributed by atoms with Crippen LogP contribution in [0.4, 0.5) is 4.79 Å². The minimum absolute atomic E-state index is 0.244. The number of pyridine rings is 1. The Labute approximate surface area is 149 Å². The van der Waals surface area contributed by atoms with Crippen molar-refractivity contribution < 1.29 is 14.3 Å². The van der Waals surface area contributed by atoms with E-state index in [0.29, 0.717) is 18.3 Å². The van der Waals surface area contributed by atoms with E-state index in [1.165, 1.54) is 5.56 Å². The molecule has 1 aliphatic heterocycles. The van der Waals surface area contributed by atoms with Crippen LogP contribution in [0.25, 0.3) is 0 Å². The van der Waals surface area contributed by atoms with Crippen LogP contribution in [0.1, 0.15) is 57.9 Å². The molecular formula is C19H29N3O3. The van der Waals surface area contributed by atoms with E-state index in [0.717, 1.165) is 25.8 Å². The molecule has 138 valence electrons. The molecule has 0 radical (unpaired) electrons. The maximum atomic E-state index is 12.3. The number of nitrogens with zero attached hydrogens (tertiary/aromatic N) is 2. The summed E-state index contributed by atoms with van der Waals surface area (Å²) in [5, 5.41) is 0. The minimum Gasteiger partial charge on any atom is -0.375 e. The highest BCUT2D eigenvalue weighted by Crippen LogP contribution is 2.34. The second kappa shape index (κ2) is 8.94. The number of carbonyl (C=O) groups is 2. The maximum absolute atomic E-state index is 12.3. The van der Waals surface area contributed by atoms with Crippen molar-refractivity contribution >= 4 is 12.1 Å². The lowest BCUT2D eigenvalue weighted by Crippen LogP contribution is -2.48. The lowest BCUT2D eigenvalue weighted by atomic mass is 9.82. The van der Waals surface area contributed by atoms with Crippen molar-refractivity contribution in [1.29, 1.82) is 0 Å². The number of esters is 1. The van der Waals surface area contributed by atoms with Crippen LogP contribution >= 0.6 is 0 Å². The molecule has 2 rings (SSSR count). The molecule has 1 amide bonds. The Morgan fingerprint density at radius 3 is 2.80 bits per heavy atom. The summed E-state index contributed by atoms with van der Waals surface area (Å²) < 4.78 is 4.67. The fraction of sp³-hybridized carbons (Fsp3) is 0.632. The molecule has 0 aliphatic carbocycles. The lowest BCUT2D eigenvalue weighted by molar-refractivity contribution is -0.143. The van der Waals surface area contributed by atoms with Gasteiger partial charge >= 0.3 is 12.1 Å². The monoisotopic (exact) mass is 347 g/mol. The summed E-state index contributed by atoms with van der Waals surface area (Å²) in [4.78, 5) is 29.7. The van der Waals surface area contributed by atoms with E-state index < -0.39 is 12.1 Å². The Kier molecular flexibility index (Phi) is 6.93. The van der Waals surface area contributed by atoms with E-state index in [-0.39, 0.29) is 12.1 Å². The molecular weight excluding hydrogens is 318 g/mol. The van der Waals surface area contributed by atoms with Gasteiger partial charge in [-0.3, -0.25) is 9.88 Å². The van der Waals surface area contributed by atoms with Crippen LogP contribution in [0, 0.1) is 5.92 Å². The third-order valence-corrected chi connectivity index (χ3v) is 5.38. The molecule has 4 atom stereocenters. The van der Waals surface area contributed by atoms with Crippen molar-refractivity contribution in [2.75, 3.05) is 6.54 Å². The van der Waals surface area contributed by atoms with E-state index in [1.54, 1.807) is 6.20 Å². The summed E-state index contributed by atoms with van der Waals surface area (Å²) in [5.74, 6) is 0.136. The van der Waals surface area contributed by atoms with E-state index in [2.05, 4.69) is 41.5 Å². The molecule has 1 aliphatic rings. The van der Waals surface area contributed by atoms with Crippen LogP contribution in [0.2, 0.25) is 0 Å². The molecule has 2 heterocycles. The summed E-state index contributed by atoms with van der Waals surface area (Å²) in [5.41, 5.74) is 6.22. The van der Waals surface area contributed by atoms with Gasteiger partial charge in [-0.05, 0) is 49.3 Å². The maximum Gasteiger partial charge on any atom is 0.412 e. The van der Waals surface area contributed by atoms with Crippen molar-refractivity contribution in [3.05, 3.63) is 30.1 Å². The first-order valence-electron chi connectivity index (χ1n) is 9.12. The number of amides is 1. The predicted molar refractivity (Wildman–Crippen MR) is 95.9 cm³/mol. The number of ether oxygens (including phenoxy) is 1. The molecule has 2 N–H and O–H groups in total. The Morgan fingerprint density at radius 1 is 1.44 bits per heavy atom. The number of rotatable bonds is 7. The van der Waals surface area contributed by atoms with Crippen LogP contribution in [0.3, 0.4) is 0 Å². The topological polar surface area (TPSA) is 85.5 Å². The number of hydrogen-bond donors (Lipinski definition) is 1. The largest absolute Gasteiger partial charge is 0.412 e. The normalized spacial score (nSPS) is 21.5. The Hall–Kier alpha value is -1.95. The van der Waals surface area contributed by atoms with Crippen molar-refractivity contribution in [2.24, 2.45) is 11.7 Å². The van der Waals surface area contributed by atoms with Crippen LogP contribution in [0.5, 0.6) is 0 Å². The van der Waals surface area contributed by atoms with Crippen LogP contribution in [0.15, 0.2) is 24.5 Å². The zero-order valence-corrected chi connectivity index (χ0v) is 15.4. The summed E-state index contributed by atoms with van der Waals surface area (Å²) in [6, 6.07) is 3.91. The van der Waals surface area contributed by atoms with Crippen molar-refractivity contribution in [2.45, 2.75) is 64.5 Å². The molecule has 3 unspecified atom stereocenters. The van der Waals surface area contributed by atoms with Crippen LogP contribution in [-0.2, 0) is 9.53 Å². The molecule has 0 saturated carbocycles. The quantitative estimate of drug-likeness (QED) is 0.605.